The zero-order valence-electron chi connectivity index (χ0n) is 15.2. The molecule has 0 unspecified atom stereocenters. The molecule has 1 fully saturated rings. The summed E-state index contributed by atoms with van der Waals surface area (Å²) in [6, 6.07) is 5.58. The zero-order valence-corrected chi connectivity index (χ0v) is 15.2. The van der Waals surface area contributed by atoms with Crippen LogP contribution >= 0.6 is 0 Å². The van der Waals surface area contributed by atoms with Gasteiger partial charge in [0.25, 0.3) is 0 Å². The van der Waals surface area contributed by atoms with E-state index in [0.29, 0.717) is 23.2 Å². The topological polar surface area (TPSA) is 79.5 Å². The molecule has 0 aromatic heterocycles. The van der Waals surface area contributed by atoms with Crippen LogP contribution in [0.25, 0.3) is 0 Å². The number of amides is 2. The van der Waals surface area contributed by atoms with Crippen molar-refractivity contribution >= 4 is 23.2 Å². The van der Waals surface area contributed by atoms with E-state index in [1.807, 2.05) is 0 Å². The fourth-order valence-electron chi connectivity index (χ4n) is 3.18. The third-order valence-electron chi connectivity index (χ3n) is 4.45. The molecule has 25 heavy (non-hydrogen) atoms. The Labute approximate surface area is 149 Å². The van der Waals surface area contributed by atoms with Gasteiger partial charge >= 0.3 is 0 Å². The lowest BCUT2D eigenvalue weighted by molar-refractivity contribution is -0.115. The van der Waals surface area contributed by atoms with Crippen molar-refractivity contribution < 1.29 is 14.3 Å². The number of rotatable bonds is 6. The molecule has 1 saturated carbocycles. The van der Waals surface area contributed by atoms with Gasteiger partial charge in [0.2, 0.25) is 11.8 Å². The van der Waals surface area contributed by atoms with Crippen molar-refractivity contribution in [2.75, 3.05) is 24.3 Å². The second-order valence-corrected chi connectivity index (χ2v) is 6.57. The van der Waals surface area contributed by atoms with Crippen LogP contribution < -0.4 is 20.7 Å². The van der Waals surface area contributed by atoms with Crippen LogP contribution in [0.3, 0.4) is 0 Å². The van der Waals surface area contributed by atoms with Crippen molar-refractivity contribution in [3.05, 3.63) is 18.2 Å². The average molecular weight is 347 g/mol. The minimum Gasteiger partial charge on any atom is -0.495 e. The van der Waals surface area contributed by atoms with E-state index in [0.717, 1.165) is 12.8 Å². The molecule has 0 aliphatic heterocycles. The first kappa shape index (κ1) is 19.2. The van der Waals surface area contributed by atoms with Gasteiger partial charge in [-0.2, -0.15) is 0 Å². The second kappa shape index (κ2) is 10.0. The molecule has 6 nitrogen and oxygen atoms in total. The Bertz CT molecular complexity index is 581. The summed E-state index contributed by atoms with van der Waals surface area (Å²) in [5.41, 5.74) is 1.18. The Morgan fingerprint density at radius 2 is 1.76 bits per heavy atom. The summed E-state index contributed by atoms with van der Waals surface area (Å²) in [7, 11) is 1.55. The molecule has 0 bridgehead atoms. The first-order valence-corrected chi connectivity index (χ1v) is 9.07. The fraction of sp³-hybridized carbons (Fsp3) is 0.579. The van der Waals surface area contributed by atoms with E-state index in [-0.39, 0.29) is 18.4 Å². The second-order valence-electron chi connectivity index (χ2n) is 6.57. The van der Waals surface area contributed by atoms with Crippen LogP contribution in [-0.4, -0.2) is 31.5 Å². The standard InChI is InChI=1S/C19H29N3O3/c1-14(23)21-16-10-11-18(25-2)17(12-16)22-19(24)13-20-15-8-6-4-3-5-7-9-15/h10-12,15,20H,3-9,13H2,1-2H3,(H,21,23)(H,22,24). The molecule has 0 radical (unpaired) electrons. The SMILES string of the molecule is COc1ccc(NC(C)=O)cc1NC(=O)CNC1CCCCCCC1. The molecule has 0 spiro atoms. The van der Waals surface area contributed by atoms with Gasteiger partial charge in [0.05, 0.1) is 19.3 Å². The predicted octanol–water partition coefficient (Wildman–Crippen LogP) is 3.29. The number of carbonyl (C=O) groups excluding carboxylic acids is 2. The molecule has 138 valence electrons. The monoisotopic (exact) mass is 347 g/mol. The third kappa shape index (κ3) is 6.74. The molecule has 0 saturated heterocycles. The van der Waals surface area contributed by atoms with Crippen LogP contribution in [0.15, 0.2) is 18.2 Å². The van der Waals surface area contributed by atoms with Crippen LogP contribution in [0.5, 0.6) is 5.75 Å². The van der Waals surface area contributed by atoms with Crippen LogP contribution in [-0.2, 0) is 9.59 Å². The Morgan fingerprint density at radius 1 is 1.08 bits per heavy atom. The maximum absolute atomic E-state index is 12.3. The summed E-state index contributed by atoms with van der Waals surface area (Å²) in [5, 5.41) is 8.94. The smallest absolute Gasteiger partial charge is 0.238 e. The lowest BCUT2D eigenvalue weighted by Gasteiger charge is -2.21. The van der Waals surface area contributed by atoms with Crippen LogP contribution in [0.4, 0.5) is 11.4 Å². The van der Waals surface area contributed by atoms with Crippen molar-refractivity contribution in [3.8, 4) is 5.75 Å². The van der Waals surface area contributed by atoms with E-state index in [1.165, 1.54) is 39.0 Å². The summed E-state index contributed by atoms with van der Waals surface area (Å²) in [6.07, 6.45) is 8.63. The van der Waals surface area contributed by atoms with Crippen LogP contribution in [0.1, 0.15) is 51.9 Å². The number of hydrogen-bond acceptors (Lipinski definition) is 4. The van der Waals surface area contributed by atoms with Gasteiger partial charge in [-0.05, 0) is 31.0 Å². The summed E-state index contributed by atoms with van der Waals surface area (Å²) < 4.78 is 5.28. The van der Waals surface area contributed by atoms with Crippen LogP contribution in [0.2, 0.25) is 0 Å². The first-order chi connectivity index (χ1) is 12.1. The van der Waals surface area contributed by atoms with E-state index in [9.17, 15) is 9.59 Å². The predicted molar refractivity (Wildman–Crippen MR) is 100 cm³/mol. The largest absolute Gasteiger partial charge is 0.495 e. The van der Waals surface area contributed by atoms with Crippen molar-refractivity contribution in [1.29, 1.82) is 0 Å². The maximum Gasteiger partial charge on any atom is 0.238 e. The highest BCUT2D eigenvalue weighted by molar-refractivity contribution is 5.95. The molecule has 2 rings (SSSR count). The van der Waals surface area contributed by atoms with Gasteiger partial charge in [-0.25, -0.2) is 0 Å². The summed E-state index contributed by atoms with van der Waals surface area (Å²) >= 11 is 0. The van der Waals surface area contributed by atoms with Crippen molar-refractivity contribution in [2.24, 2.45) is 0 Å². The number of ether oxygens (including phenoxy) is 1. The Balaban J connectivity index is 1.90. The molecule has 0 atom stereocenters. The molecule has 2 amide bonds. The van der Waals surface area contributed by atoms with Gasteiger partial charge in [-0.1, -0.05) is 32.1 Å². The maximum atomic E-state index is 12.3. The third-order valence-corrected chi connectivity index (χ3v) is 4.45. The zero-order chi connectivity index (χ0) is 18.1. The number of carbonyl (C=O) groups is 2. The van der Waals surface area contributed by atoms with Crippen molar-refractivity contribution in [3.63, 3.8) is 0 Å². The Hall–Kier alpha value is -2.08. The molecule has 1 aromatic carbocycles. The quantitative estimate of drug-likeness (QED) is 0.738. The van der Waals surface area contributed by atoms with Gasteiger partial charge < -0.3 is 20.7 Å². The van der Waals surface area contributed by atoms with Gasteiger partial charge in [-0.3, -0.25) is 9.59 Å². The normalized spacial score (nSPS) is 15.8. The molecule has 3 N–H and O–H groups in total. The first-order valence-electron chi connectivity index (χ1n) is 9.07. The fourth-order valence-corrected chi connectivity index (χ4v) is 3.18. The lowest BCUT2D eigenvalue weighted by Crippen LogP contribution is -2.36. The molecule has 0 heterocycles. The summed E-state index contributed by atoms with van der Waals surface area (Å²) in [4.78, 5) is 23.5. The number of hydrogen-bond donors (Lipinski definition) is 3. The number of anilines is 2. The Kier molecular flexibility index (Phi) is 7.73. The highest BCUT2D eigenvalue weighted by Crippen LogP contribution is 2.27. The van der Waals surface area contributed by atoms with E-state index >= 15 is 0 Å². The lowest BCUT2D eigenvalue weighted by atomic mass is 9.97. The average Bonchev–Trinajstić information content (AvgIpc) is 2.53. The molecule has 1 aromatic rings. The Morgan fingerprint density at radius 3 is 2.40 bits per heavy atom. The molecular formula is C19H29N3O3. The highest BCUT2D eigenvalue weighted by atomic mass is 16.5. The molecule has 1 aliphatic rings. The highest BCUT2D eigenvalue weighted by Gasteiger charge is 2.14. The van der Waals surface area contributed by atoms with E-state index < -0.39 is 0 Å². The molecule has 6 heteroatoms. The number of methoxy groups -OCH3 is 1. The number of benzene rings is 1. The van der Waals surface area contributed by atoms with Gasteiger partial charge in [-0.15, -0.1) is 0 Å². The summed E-state index contributed by atoms with van der Waals surface area (Å²) in [5.74, 6) is 0.294. The number of nitrogens with one attached hydrogen (secondary N) is 3. The molecular weight excluding hydrogens is 318 g/mol. The van der Waals surface area contributed by atoms with Gasteiger partial charge in [0, 0.05) is 18.7 Å². The van der Waals surface area contributed by atoms with E-state index in [4.69, 9.17) is 4.74 Å². The van der Waals surface area contributed by atoms with Gasteiger partial charge in [0.1, 0.15) is 5.75 Å². The van der Waals surface area contributed by atoms with E-state index in [2.05, 4.69) is 16.0 Å². The molecule has 1 aliphatic carbocycles. The van der Waals surface area contributed by atoms with Crippen LogP contribution in [0, 0.1) is 0 Å². The van der Waals surface area contributed by atoms with E-state index in [1.54, 1.807) is 25.3 Å². The minimum absolute atomic E-state index is 0.111. The minimum atomic E-state index is -0.159. The van der Waals surface area contributed by atoms with Crippen molar-refractivity contribution in [2.45, 2.75) is 57.9 Å². The van der Waals surface area contributed by atoms with Crippen molar-refractivity contribution in [1.82, 2.24) is 5.32 Å². The van der Waals surface area contributed by atoms with Gasteiger partial charge in [0.15, 0.2) is 0 Å². The summed E-state index contributed by atoms with van der Waals surface area (Å²) in [6.45, 7) is 1.72.